The fourth-order valence-corrected chi connectivity index (χ4v) is 1.18. The molecule has 0 atom stereocenters. The van der Waals surface area contributed by atoms with Gasteiger partial charge in [-0.1, -0.05) is 0 Å². The fourth-order valence-electron chi connectivity index (χ4n) is 1.18. The second kappa shape index (κ2) is 5.59. The molecule has 80 valence electrons. The predicted octanol–water partition coefficient (Wildman–Crippen LogP) is -0.725. The highest BCUT2D eigenvalue weighted by molar-refractivity contribution is 5.76. The van der Waals surface area contributed by atoms with Gasteiger partial charge in [0.25, 0.3) is 0 Å². The zero-order valence-corrected chi connectivity index (χ0v) is 8.34. The second-order valence-corrected chi connectivity index (χ2v) is 3.44. The van der Waals surface area contributed by atoms with E-state index in [2.05, 4.69) is 10.6 Å². The Morgan fingerprint density at radius 2 is 1.93 bits per heavy atom. The van der Waals surface area contributed by atoms with Crippen LogP contribution in [0.15, 0.2) is 0 Å². The van der Waals surface area contributed by atoms with Crippen LogP contribution in [0.25, 0.3) is 0 Å². The third-order valence-corrected chi connectivity index (χ3v) is 2.00. The first kappa shape index (κ1) is 11.0. The highest BCUT2D eigenvalue weighted by Crippen LogP contribution is 2.13. The van der Waals surface area contributed by atoms with E-state index in [9.17, 15) is 9.59 Å². The first-order valence-electron chi connectivity index (χ1n) is 4.77. The van der Waals surface area contributed by atoms with Crippen LogP contribution in [0.4, 0.5) is 0 Å². The van der Waals surface area contributed by atoms with Gasteiger partial charge >= 0.3 is 0 Å². The fraction of sp³-hybridized carbons (Fsp3) is 0.778. The van der Waals surface area contributed by atoms with Crippen molar-refractivity contribution >= 4 is 11.8 Å². The summed E-state index contributed by atoms with van der Waals surface area (Å²) in [4.78, 5) is 21.7. The highest BCUT2D eigenvalue weighted by Gasteiger charge is 2.21. The van der Waals surface area contributed by atoms with E-state index in [1.165, 1.54) is 6.92 Å². The molecule has 1 saturated heterocycles. The monoisotopic (exact) mass is 200 g/mol. The maximum Gasteiger partial charge on any atom is 0.220 e. The van der Waals surface area contributed by atoms with Crippen molar-refractivity contribution in [3.05, 3.63) is 0 Å². The molecule has 0 aliphatic carbocycles. The molecule has 1 fully saturated rings. The predicted molar refractivity (Wildman–Crippen MR) is 50.6 cm³/mol. The van der Waals surface area contributed by atoms with E-state index < -0.39 is 0 Å². The van der Waals surface area contributed by atoms with Gasteiger partial charge < -0.3 is 15.4 Å². The molecule has 0 aromatic heterocycles. The largest absolute Gasteiger partial charge is 0.381 e. The number of ether oxygens (including phenoxy) is 1. The van der Waals surface area contributed by atoms with Crippen LogP contribution in [-0.4, -0.2) is 38.1 Å². The number of carbonyl (C=O) groups excluding carboxylic acids is 2. The minimum absolute atomic E-state index is 0.0312. The van der Waals surface area contributed by atoms with Crippen LogP contribution in [0.1, 0.15) is 13.3 Å². The highest BCUT2D eigenvalue weighted by atomic mass is 16.5. The summed E-state index contributed by atoms with van der Waals surface area (Å²) < 4.78 is 4.96. The summed E-state index contributed by atoms with van der Waals surface area (Å²) in [6.45, 7) is 3.82. The Morgan fingerprint density at radius 3 is 2.43 bits per heavy atom. The van der Waals surface area contributed by atoms with Crippen LogP contribution in [0.5, 0.6) is 0 Å². The molecule has 0 radical (unpaired) electrons. The van der Waals surface area contributed by atoms with Gasteiger partial charge in [-0.15, -0.1) is 0 Å². The molecule has 1 aliphatic rings. The molecule has 14 heavy (non-hydrogen) atoms. The van der Waals surface area contributed by atoms with Crippen LogP contribution in [0.2, 0.25) is 0 Å². The van der Waals surface area contributed by atoms with Crippen molar-refractivity contribution in [3.63, 3.8) is 0 Å². The SMILES string of the molecule is CC(=O)NCCNC(=O)CC1COC1. The minimum Gasteiger partial charge on any atom is -0.381 e. The summed E-state index contributed by atoms with van der Waals surface area (Å²) in [6, 6.07) is 0. The van der Waals surface area contributed by atoms with Crippen molar-refractivity contribution in [2.75, 3.05) is 26.3 Å². The quantitative estimate of drug-likeness (QED) is 0.575. The molecule has 1 aliphatic heterocycles. The summed E-state index contributed by atoms with van der Waals surface area (Å²) in [5.41, 5.74) is 0. The number of hydrogen-bond donors (Lipinski definition) is 2. The molecule has 5 nitrogen and oxygen atoms in total. The van der Waals surface area contributed by atoms with Crippen LogP contribution >= 0.6 is 0 Å². The zero-order chi connectivity index (χ0) is 10.4. The molecular formula is C9H16N2O3. The van der Waals surface area contributed by atoms with Crippen molar-refractivity contribution in [2.24, 2.45) is 5.92 Å². The van der Waals surface area contributed by atoms with Gasteiger partial charge in [-0.2, -0.15) is 0 Å². The van der Waals surface area contributed by atoms with Crippen molar-refractivity contribution < 1.29 is 14.3 Å². The smallest absolute Gasteiger partial charge is 0.220 e. The lowest BCUT2D eigenvalue weighted by Gasteiger charge is -2.25. The standard InChI is InChI=1S/C9H16N2O3/c1-7(12)10-2-3-11-9(13)4-8-5-14-6-8/h8H,2-6H2,1H3,(H,10,12)(H,11,13). The summed E-state index contributed by atoms with van der Waals surface area (Å²) in [6.07, 6.45) is 0.528. The van der Waals surface area contributed by atoms with E-state index in [1.54, 1.807) is 0 Å². The summed E-state index contributed by atoms with van der Waals surface area (Å²) in [5.74, 6) is 0.339. The lowest BCUT2D eigenvalue weighted by Crippen LogP contribution is -2.37. The summed E-state index contributed by atoms with van der Waals surface area (Å²) in [5, 5.41) is 5.33. The van der Waals surface area contributed by atoms with Crippen LogP contribution < -0.4 is 10.6 Å². The number of amides is 2. The molecule has 0 saturated carbocycles. The van der Waals surface area contributed by atoms with Crippen LogP contribution in [0, 0.1) is 5.92 Å². The number of carbonyl (C=O) groups is 2. The first-order chi connectivity index (χ1) is 6.68. The average Bonchev–Trinajstić information content (AvgIpc) is 2.05. The minimum atomic E-state index is -0.0772. The van der Waals surface area contributed by atoms with Gasteiger partial charge in [-0.05, 0) is 0 Å². The topological polar surface area (TPSA) is 67.4 Å². The Kier molecular flexibility index (Phi) is 4.39. The van der Waals surface area contributed by atoms with Crippen LogP contribution in [0.3, 0.4) is 0 Å². The van der Waals surface area contributed by atoms with Gasteiger partial charge in [-0.3, -0.25) is 9.59 Å². The molecular weight excluding hydrogens is 184 g/mol. The number of hydrogen-bond acceptors (Lipinski definition) is 3. The molecule has 0 aromatic carbocycles. The Morgan fingerprint density at radius 1 is 1.29 bits per heavy atom. The van der Waals surface area contributed by atoms with E-state index in [-0.39, 0.29) is 11.8 Å². The van der Waals surface area contributed by atoms with Gasteiger partial charge in [0.2, 0.25) is 11.8 Å². The van der Waals surface area contributed by atoms with E-state index >= 15 is 0 Å². The number of nitrogens with one attached hydrogen (secondary N) is 2. The maximum absolute atomic E-state index is 11.2. The lowest BCUT2D eigenvalue weighted by molar-refractivity contribution is -0.126. The van der Waals surface area contributed by atoms with Crippen molar-refractivity contribution in [2.45, 2.75) is 13.3 Å². The first-order valence-corrected chi connectivity index (χ1v) is 4.77. The van der Waals surface area contributed by atoms with Crippen LogP contribution in [-0.2, 0) is 14.3 Å². The molecule has 1 rings (SSSR count). The molecule has 1 heterocycles. The van der Waals surface area contributed by atoms with E-state index in [4.69, 9.17) is 4.74 Å². The molecule has 0 bridgehead atoms. The van der Waals surface area contributed by atoms with Crippen molar-refractivity contribution in [1.29, 1.82) is 0 Å². The second-order valence-electron chi connectivity index (χ2n) is 3.44. The average molecular weight is 200 g/mol. The van der Waals surface area contributed by atoms with Gasteiger partial charge in [0.05, 0.1) is 13.2 Å². The summed E-state index contributed by atoms with van der Waals surface area (Å²) in [7, 11) is 0. The zero-order valence-electron chi connectivity index (χ0n) is 8.34. The summed E-state index contributed by atoms with van der Waals surface area (Å²) >= 11 is 0. The number of rotatable bonds is 5. The van der Waals surface area contributed by atoms with Crippen molar-refractivity contribution in [1.82, 2.24) is 10.6 Å². The van der Waals surface area contributed by atoms with E-state index in [1.807, 2.05) is 0 Å². The Bertz CT molecular complexity index is 214. The van der Waals surface area contributed by atoms with Crippen molar-refractivity contribution in [3.8, 4) is 0 Å². The Labute approximate surface area is 83.2 Å². The lowest BCUT2D eigenvalue weighted by atomic mass is 10.0. The van der Waals surface area contributed by atoms with E-state index in [0.29, 0.717) is 38.6 Å². The molecule has 2 amide bonds. The molecule has 2 N–H and O–H groups in total. The third kappa shape index (κ3) is 4.23. The third-order valence-electron chi connectivity index (χ3n) is 2.00. The molecule has 0 unspecified atom stereocenters. The van der Waals surface area contributed by atoms with Gasteiger partial charge in [-0.25, -0.2) is 0 Å². The van der Waals surface area contributed by atoms with E-state index in [0.717, 1.165) is 0 Å². The van der Waals surface area contributed by atoms with Gasteiger partial charge in [0.15, 0.2) is 0 Å². The van der Waals surface area contributed by atoms with Gasteiger partial charge in [0, 0.05) is 32.4 Å². The Hall–Kier alpha value is -1.10. The molecule has 5 heteroatoms. The normalized spacial score (nSPS) is 15.8. The Balaban J connectivity index is 1.94. The van der Waals surface area contributed by atoms with Gasteiger partial charge in [0.1, 0.15) is 0 Å². The molecule has 0 spiro atoms. The maximum atomic E-state index is 11.2. The molecule has 0 aromatic rings.